The van der Waals surface area contributed by atoms with Crippen LogP contribution in [0, 0.1) is 24.7 Å². The van der Waals surface area contributed by atoms with Crippen molar-refractivity contribution in [3.8, 4) is 5.69 Å². The van der Waals surface area contributed by atoms with Crippen molar-refractivity contribution in [2.24, 2.45) is 17.8 Å². The lowest BCUT2D eigenvalue weighted by molar-refractivity contribution is -0.125. The number of amides is 2. The molecule has 8 nitrogen and oxygen atoms in total. The smallest absolute Gasteiger partial charge is 0.257 e. The molecule has 3 aliphatic heterocycles. The number of hydrogen-bond donors (Lipinski definition) is 1. The van der Waals surface area contributed by atoms with Gasteiger partial charge in [0.1, 0.15) is 0 Å². The average molecular weight is 562 g/mol. The van der Waals surface area contributed by atoms with E-state index in [2.05, 4.69) is 27.4 Å². The van der Waals surface area contributed by atoms with E-state index in [4.69, 9.17) is 16.3 Å². The SMILES string of the molecule is Cc1c(C(=O)N2CC3CN(CC[C@H](NC(=O)C4CCOC4)c4ccccc4)CC3C2)cnn1-c1ccc(Cl)cc1. The fourth-order valence-corrected chi connectivity index (χ4v) is 6.55. The molecule has 1 N–H and O–H groups in total. The van der Waals surface area contributed by atoms with E-state index in [1.807, 2.05) is 54.3 Å². The van der Waals surface area contributed by atoms with Crippen LogP contribution in [0.5, 0.6) is 0 Å². The van der Waals surface area contributed by atoms with Gasteiger partial charge < -0.3 is 19.9 Å². The van der Waals surface area contributed by atoms with E-state index in [-0.39, 0.29) is 23.8 Å². The van der Waals surface area contributed by atoms with Gasteiger partial charge in [0.2, 0.25) is 5.91 Å². The fourth-order valence-electron chi connectivity index (χ4n) is 6.42. The van der Waals surface area contributed by atoms with Gasteiger partial charge in [-0.15, -0.1) is 0 Å². The molecule has 1 aromatic heterocycles. The van der Waals surface area contributed by atoms with Gasteiger partial charge in [-0.1, -0.05) is 41.9 Å². The number of nitrogens with one attached hydrogen (secondary N) is 1. The molecule has 3 saturated heterocycles. The van der Waals surface area contributed by atoms with E-state index >= 15 is 0 Å². The van der Waals surface area contributed by atoms with Crippen LogP contribution in [0.4, 0.5) is 0 Å². The molecular formula is C31H36ClN5O3. The number of ether oxygens (including phenoxy) is 1. The summed E-state index contributed by atoms with van der Waals surface area (Å²) in [6.07, 6.45) is 3.33. The standard InChI is InChI=1S/C31H36ClN5O3/c1-21-28(15-33-37(21)27-9-7-26(32)8-10-27)31(39)36-18-24-16-35(17-25(24)19-36)13-11-29(22-5-3-2-4-6-22)34-30(38)23-12-14-40-20-23/h2-10,15,23-25,29H,11-14,16-20H2,1H3,(H,34,38)/t23?,24?,25?,29-/m0/s1. The van der Waals surface area contributed by atoms with Gasteiger partial charge in [0.15, 0.2) is 0 Å². The van der Waals surface area contributed by atoms with E-state index in [1.165, 1.54) is 0 Å². The summed E-state index contributed by atoms with van der Waals surface area (Å²) in [5.74, 6) is 1.03. The second kappa shape index (κ2) is 11.7. The van der Waals surface area contributed by atoms with Gasteiger partial charge in [-0.2, -0.15) is 5.10 Å². The van der Waals surface area contributed by atoms with Gasteiger partial charge in [0, 0.05) is 44.4 Å². The summed E-state index contributed by atoms with van der Waals surface area (Å²) in [7, 11) is 0. The van der Waals surface area contributed by atoms with Crippen molar-refractivity contribution in [2.75, 3.05) is 45.9 Å². The lowest BCUT2D eigenvalue weighted by Crippen LogP contribution is -2.37. The minimum absolute atomic E-state index is 0.0204. The molecule has 0 saturated carbocycles. The van der Waals surface area contributed by atoms with Crippen molar-refractivity contribution in [3.05, 3.63) is 82.6 Å². The molecule has 4 heterocycles. The Bertz CT molecular complexity index is 1320. The third-order valence-corrected chi connectivity index (χ3v) is 8.97. The van der Waals surface area contributed by atoms with Crippen LogP contribution >= 0.6 is 11.6 Å². The summed E-state index contributed by atoms with van der Waals surface area (Å²) in [6.45, 7) is 7.52. The number of carbonyl (C=O) groups is 2. The van der Waals surface area contributed by atoms with Crippen LogP contribution in [0.2, 0.25) is 5.02 Å². The van der Waals surface area contributed by atoms with Gasteiger partial charge >= 0.3 is 0 Å². The van der Waals surface area contributed by atoms with Crippen LogP contribution in [0.1, 0.15) is 40.5 Å². The van der Waals surface area contributed by atoms with E-state index in [9.17, 15) is 9.59 Å². The molecule has 3 fully saturated rings. The predicted octanol–water partition coefficient (Wildman–Crippen LogP) is 4.12. The Morgan fingerprint density at radius 1 is 1.05 bits per heavy atom. The number of carbonyl (C=O) groups excluding carboxylic acids is 2. The van der Waals surface area contributed by atoms with Gasteiger partial charge in [0.25, 0.3) is 5.91 Å². The first-order valence-electron chi connectivity index (χ1n) is 14.2. The molecule has 40 heavy (non-hydrogen) atoms. The second-order valence-electron chi connectivity index (χ2n) is 11.3. The largest absolute Gasteiger partial charge is 0.381 e. The third kappa shape index (κ3) is 5.66. The predicted molar refractivity (Wildman–Crippen MR) is 154 cm³/mol. The summed E-state index contributed by atoms with van der Waals surface area (Å²) in [4.78, 5) is 30.8. The Morgan fingerprint density at radius 2 is 1.77 bits per heavy atom. The lowest BCUT2D eigenvalue weighted by atomic mass is 10.0. The summed E-state index contributed by atoms with van der Waals surface area (Å²) in [5, 5.41) is 8.45. The molecule has 0 spiro atoms. The number of fused-ring (bicyclic) bond motifs is 1. The van der Waals surface area contributed by atoms with Crippen molar-refractivity contribution in [1.82, 2.24) is 24.9 Å². The minimum atomic E-state index is -0.0530. The highest BCUT2D eigenvalue weighted by atomic mass is 35.5. The Morgan fingerprint density at radius 3 is 2.45 bits per heavy atom. The van der Waals surface area contributed by atoms with Crippen LogP contribution in [0.3, 0.4) is 0 Å². The number of benzene rings is 2. The van der Waals surface area contributed by atoms with Gasteiger partial charge in [0.05, 0.1) is 41.7 Å². The Hall–Kier alpha value is -3.20. The van der Waals surface area contributed by atoms with Crippen molar-refractivity contribution < 1.29 is 14.3 Å². The first-order valence-corrected chi connectivity index (χ1v) is 14.6. The maximum atomic E-state index is 13.5. The Kier molecular flexibility index (Phi) is 7.91. The molecule has 3 aromatic rings. The van der Waals surface area contributed by atoms with Crippen LogP contribution in [-0.4, -0.2) is 77.3 Å². The van der Waals surface area contributed by atoms with Crippen molar-refractivity contribution in [1.29, 1.82) is 0 Å². The van der Waals surface area contributed by atoms with E-state index in [0.717, 1.165) is 62.5 Å². The molecular weight excluding hydrogens is 526 g/mol. The van der Waals surface area contributed by atoms with Gasteiger partial charge in [-0.25, -0.2) is 4.68 Å². The molecule has 2 aromatic carbocycles. The molecule has 0 aliphatic carbocycles. The lowest BCUT2D eigenvalue weighted by Gasteiger charge is -2.25. The zero-order chi connectivity index (χ0) is 27.6. The maximum Gasteiger partial charge on any atom is 0.257 e. The van der Waals surface area contributed by atoms with E-state index in [1.54, 1.807) is 10.9 Å². The van der Waals surface area contributed by atoms with Crippen LogP contribution < -0.4 is 5.32 Å². The average Bonchev–Trinajstić information content (AvgIpc) is 3.76. The second-order valence-corrected chi connectivity index (χ2v) is 11.8. The fraction of sp³-hybridized carbons (Fsp3) is 0.452. The molecule has 9 heteroatoms. The van der Waals surface area contributed by atoms with Crippen molar-refractivity contribution in [3.63, 3.8) is 0 Å². The van der Waals surface area contributed by atoms with E-state index < -0.39 is 0 Å². The topological polar surface area (TPSA) is 79.7 Å². The molecule has 3 unspecified atom stereocenters. The van der Waals surface area contributed by atoms with Gasteiger partial charge in [-0.3, -0.25) is 9.59 Å². The number of aromatic nitrogens is 2. The normalized spacial score (nSPS) is 23.4. The number of likely N-dealkylation sites (tertiary alicyclic amines) is 2. The van der Waals surface area contributed by atoms with Crippen LogP contribution in [-0.2, 0) is 9.53 Å². The highest BCUT2D eigenvalue weighted by Crippen LogP contribution is 2.33. The monoisotopic (exact) mass is 561 g/mol. The number of nitrogens with zero attached hydrogens (tertiary/aromatic N) is 4. The zero-order valence-electron chi connectivity index (χ0n) is 22.8. The highest BCUT2D eigenvalue weighted by Gasteiger charge is 2.42. The van der Waals surface area contributed by atoms with Crippen molar-refractivity contribution in [2.45, 2.75) is 25.8 Å². The number of halogens is 1. The Balaban J connectivity index is 1.04. The molecule has 210 valence electrons. The molecule has 4 atom stereocenters. The molecule has 3 aliphatic rings. The highest BCUT2D eigenvalue weighted by molar-refractivity contribution is 6.30. The molecule has 0 bridgehead atoms. The van der Waals surface area contributed by atoms with Gasteiger partial charge in [-0.05, 0) is 61.4 Å². The summed E-state index contributed by atoms with van der Waals surface area (Å²) in [5.41, 5.74) is 3.52. The summed E-state index contributed by atoms with van der Waals surface area (Å²) in [6, 6.07) is 17.7. The number of rotatable bonds is 8. The maximum absolute atomic E-state index is 13.5. The first-order chi connectivity index (χ1) is 19.5. The molecule has 6 rings (SSSR count). The first kappa shape index (κ1) is 27.0. The summed E-state index contributed by atoms with van der Waals surface area (Å²) < 4.78 is 7.22. The quantitative estimate of drug-likeness (QED) is 0.447. The van der Waals surface area contributed by atoms with Crippen molar-refractivity contribution >= 4 is 23.4 Å². The summed E-state index contributed by atoms with van der Waals surface area (Å²) >= 11 is 6.03. The molecule has 2 amide bonds. The van der Waals surface area contributed by atoms with E-state index in [0.29, 0.717) is 35.6 Å². The molecule has 0 radical (unpaired) electrons. The third-order valence-electron chi connectivity index (χ3n) is 8.71. The van der Waals surface area contributed by atoms with Crippen LogP contribution in [0.25, 0.3) is 5.69 Å². The Labute approximate surface area is 240 Å². The zero-order valence-corrected chi connectivity index (χ0v) is 23.6. The minimum Gasteiger partial charge on any atom is -0.381 e. The van der Waals surface area contributed by atoms with Crippen LogP contribution in [0.15, 0.2) is 60.8 Å². The number of hydrogen-bond acceptors (Lipinski definition) is 5.